The number of carbonyl (C=O) groups excluding carboxylic acids is 1. The summed E-state index contributed by atoms with van der Waals surface area (Å²) in [5.74, 6) is 0.333. The molecule has 2 aromatic carbocycles. The summed E-state index contributed by atoms with van der Waals surface area (Å²) in [6.07, 6.45) is 0. The number of carbonyl (C=O) groups is 1. The van der Waals surface area contributed by atoms with E-state index in [0.717, 1.165) is 12.1 Å². The molecule has 1 aliphatic heterocycles. The lowest BCUT2D eigenvalue weighted by Gasteiger charge is -2.34. The molecule has 1 fully saturated rings. The summed E-state index contributed by atoms with van der Waals surface area (Å²) >= 11 is 0. The Morgan fingerprint density at radius 2 is 1.53 bits per heavy atom. The number of sulfonamides is 1. The zero-order valence-electron chi connectivity index (χ0n) is 17.9. The first kappa shape index (κ1) is 22.5. The van der Waals surface area contributed by atoms with Crippen molar-refractivity contribution in [3.05, 3.63) is 65.7 Å². The molecule has 0 aliphatic carbocycles. The summed E-state index contributed by atoms with van der Waals surface area (Å²) in [5.41, 5.74) is 1.77. The summed E-state index contributed by atoms with van der Waals surface area (Å²) in [5, 5.41) is 3.02. The minimum atomic E-state index is -3.43. The number of hydrogen-bond acceptors (Lipinski definition) is 4. The Bertz CT molecular complexity index is 935. The highest BCUT2D eigenvalue weighted by Crippen LogP contribution is 2.18. The van der Waals surface area contributed by atoms with Crippen LogP contribution in [0.1, 0.15) is 36.7 Å². The Balaban J connectivity index is 1.53. The van der Waals surface area contributed by atoms with Gasteiger partial charge in [0, 0.05) is 44.3 Å². The normalized spacial score (nSPS) is 17.1. The molecule has 0 saturated carbocycles. The lowest BCUT2D eigenvalue weighted by atomic mass is 10.1. The van der Waals surface area contributed by atoms with Crippen molar-refractivity contribution in [2.45, 2.75) is 38.3 Å². The molecule has 2 aromatic rings. The highest BCUT2D eigenvalue weighted by Gasteiger charge is 2.28. The topological polar surface area (TPSA) is 69.7 Å². The van der Waals surface area contributed by atoms with Crippen LogP contribution < -0.4 is 5.32 Å². The second kappa shape index (κ2) is 9.73. The van der Waals surface area contributed by atoms with E-state index in [1.165, 1.54) is 0 Å². The minimum Gasteiger partial charge on any atom is -0.349 e. The van der Waals surface area contributed by atoms with Crippen molar-refractivity contribution in [2.75, 3.05) is 26.2 Å². The van der Waals surface area contributed by atoms with Gasteiger partial charge in [-0.25, -0.2) is 8.42 Å². The highest BCUT2D eigenvalue weighted by atomic mass is 32.2. The van der Waals surface area contributed by atoms with Crippen molar-refractivity contribution in [1.29, 1.82) is 0 Å². The number of piperazine rings is 1. The maximum atomic E-state index is 12.7. The van der Waals surface area contributed by atoms with E-state index in [4.69, 9.17) is 0 Å². The Morgan fingerprint density at radius 1 is 0.933 bits per heavy atom. The lowest BCUT2D eigenvalue weighted by molar-refractivity contribution is 0.0930. The zero-order chi connectivity index (χ0) is 21.7. The summed E-state index contributed by atoms with van der Waals surface area (Å²) < 4.78 is 27.0. The Kier molecular flexibility index (Phi) is 7.28. The number of hydrogen-bond donors (Lipinski definition) is 1. The average molecular weight is 430 g/mol. The number of nitrogens with one attached hydrogen (secondary N) is 1. The third-order valence-corrected chi connectivity index (χ3v) is 7.61. The molecule has 1 atom stereocenters. The van der Waals surface area contributed by atoms with E-state index in [1.807, 2.05) is 37.3 Å². The summed E-state index contributed by atoms with van der Waals surface area (Å²) in [6.45, 7) is 9.23. The molecule has 0 spiro atoms. The van der Waals surface area contributed by atoms with Crippen LogP contribution in [0.2, 0.25) is 0 Å². The van der Waals surface area contributed by atoms with Crippen LogP contribution in [0.5, 0.6) is 0 Å². The molecule has 3 rings (SSSR count). The minimum absolute atomic E-state index is 0.0533. The van der Waals surface area contributed by atoms with Crippen LogP contribution in [0.15, 0.2) is 59.5 Å². The maximum Gasteiger partial charge on any atom is 0.251 e. The van der Waals surface area contributed by atoms with Gasteiger partial charge in [-0.2, -0.15) is 4.31 Å². The number of benzene rings is 2. The molecule has 7 heteroatoms. The fraction of sp³-hybridized carbons (Fsp3) is 0.435. The lowest BCUT2D eigenvalue weighted by Crippen LogP contribution is -2.48. The van der Waals surface area contributed by atoms with Gasteiger partial charge in [0.1, 0.15) is 0 Å². The predicted molar refractivity (Wildman–Crippen MR) is 119 cm³/mol. The molecule has 0 bridgehead atoms. The van der Waals surface area contributed by atoms with Gasteiger partial charge in [-0.1, -0.05) is 44.2 Å². The van der Waals surface area contributed by atoms with E-state index in [0.29, 0.717) is 42.6 Å². The molecular formula is C23H31N3O3S. The third kappa shape index (κ3) is 5.47. The molecule has 0 aromatic heterocycles. The van der Waals surface area contributed by atoms with Crippen molar-refractivity contribution in [3.63, 3.8) is 0 Å². The van der Waals surface area contributed by atoms with E-state index in [9.17, 15) is 13.2 Å². The fourth-order valence-corrected chi connectivity index (χ4v) is 4.79. The van der Waals surface area contributed by atoms with Gasteiger partial charge in [0.25, 0.3) is 5.91 Å². The van der Waals surface area contributed by atoms with Gasteiger partial charge >= 0.3 is 0 Å². The van der Waals surface area contributed by atoms with Crippen molar-refractivity contribution >= 4 is 15.9 Å². The van der Waals surface area contributed by atoms with Gasteiger partial charge in [-0.15, -0.1) is 0 Å². The van der Waals surface area contributed by atoms with Crippen molar-refractivity contribution in [2.24, 2.45) is 5.92 Å². The van der Waals surface area contributed by atoms with Crippen LogP contribution in [0, 0.1) is 5.92 Å². The van der Waals surface area contributed by atoms with Crippen LogP contribution in [0.4, 0.5) is 0 Å². The zero-order valence-corrected chi connectivity index (χ0v) is 18.7. The van der Waals surface area contributed by atoms with E-state index < -0.39 is 10.0 Å². The average Bonchev–Trinajstić information content (AvgIpc) is 2.75. The molecule has 1 amide bonds. The van der Waals surface area contributed by atoms with Crippen LogP contribution in [-0.2, 0) is 16.6 Å². The first-order chi connectivity index (χ1) is 14.3. The molecule has 1 heterocycles. The van der Waals surface area contributed by atoms with Crippen molar-refractivity contribution in [1.82, 2.24) is 14.5 Å². The van der Waals surface area contributed by atoms with Crippen LogP contribution >= 0.6 is 0 Å². The largest absolute Gasteiger partial charge is 0.349 e. The summed E-state index contributed by atoms with van der Waals surface area (Å²) in [4.78, 5) is 14.9. The van der Waals surface area contributed by atoms with Gasteiger partial charge in [0.15, 0.2) is 0 Å². The SMILES string of the molecule is CC(C)C(C)NC(=O)c1ccc(CN2CCN(S(=O)(=O)c3ccccc3)CC2)cc1. The van der Waals surface area contributed by atoms with Gasteiger partial charge in [0.05, 0.1) is 4.90 Å². The molecular weight excluding hydrogens is 398 g/mol. The van der Waals surface area contributed by atoms with Gasteiger partial charge in [-0.05, 0) is 42.7 Å². The quantitative estimate of drug-likeness (QED) is 0.735. The molecule has 1 N–H and O–H groups in total. The molecule has 1 aliphatic rings. The van der Waals surface area contributed by atoms with Gasteiger partial charge < -0.3 is 5.32 Å². The smallest absolute Gasteiger partial charge is 0.251 e. The first-order valence-electron chi connectivity index (χ1n) is 10.4. The van der Waals surface area contributed by atoms with E-state index in [1.54, 1.807) is 28.6 Å². The number of rotatable bonds is 7. The highest BCUT2D eigenvalue weighted by molar-refractivity contribution is 7.89. The fourth-order valence-electron chi connectivity index (χ4n) is 3.35. The third-order valence-electron chi connectivity index (χ3n) is 5.69. The van der Waals surface area contributed by atoms with E-state index >= 15 is 0 Å². The van der Waals surface area contributed by atoms with Gasteiger partial charge in [0.2, 0.25) is 10.0 Å². The van der Waals surface area contributed by atoms with Crippen molar-refractivity contribution in [3.8, 4) is 0 Å². The summed E-state index contributed by atoms with van der Waals surface area (Å²) in [7, 11) is -3.43. The van der Waals surface area contributed by atoms with Crippen LogP contribution in [-0.4, -0.2) is 55.8 Å². The maximum absolute atomic E-state index is 12.7. The molecule has 1 unspecified atom stereocenters. The number of nitrogens with zero attached hydrogens (tertiary/aromatic N) is 2. The van der Waals surface area contributed by atoms with Gasteiger partial charge in [-0.3, -0.25) is 9.69 Å². The second-order valence-electron chi connectivity index (χ2n) is 8.20. The molecule has 30 heavy (non-hydrogen) atoms. The molecule has 0 radical (unpaired) electrons. The Labute approximate surface area is 179 Å². The molecule has 162 valence electrons. The summed E-state index contributed by atoms with van der Waals surface area (Å²) in [6, 6.07) is 16.4. The molecule has 1 saturated heterocycles. The monoisotopic (exact) mass is 429 g/mol. The Morgan fingerprint density at radius 3 is 2.10 bits per heavy atom. The van der Waals surface area contributed by atoms with Crippen LogP contribution in [0.3, 0.4) is 0 Å². The Hall–Kier alpha value is -2.22. The van der Waals surface area contributed by atoms with E-state index in [2.05, 4.69) is 24.1 Å². The van der Waals surface area contributed by atoms with Crippen molar-refractivity contribution < 1.29 is 13.2 Å². The van der Waals surface area contributed by atoms with Crippen LogP contribution in [0.25, 0.3) is 0 Å². The first-order valence-corrected chi connectivity index (χ1v) is 11.9. The molecule has 6 nitrogen and oxygen atoms in total. The van der Waals surface area contributed by atoms with E-state index in [-0.39, 0.29) is 11.9 Å². The second-order valence-corrected chi connectivity index (χ2v) is 10.1. The number of amides is 1. The predicted octanol–water partition coefficient (Wildman–Crippen LogP) is 2.97. The standard InChI is InChI=1S/C23H31N3O3S/c1-18(2)19(3)24-23(27)21-11-9-20(10-12-21)17-25-13-15-26(16-14-25)30(28,29)22-7-5-4-6-8-22/h4-12,18-19H,13-17H2,1-3H3,(H,24,27).